The first-order valence-electron chi connectivity index (χ1n) is 19.0. The fourth-order valence-electron chi connectivity index (χ4n) is 8.79. The topological polar surface area (TPSA) is 27.2 Å². The molecule has 0 saturated heterocycles. The van der Waals surface area contributed by atoms with E-state index in [4.69, 9.17) is 4.98 Å². The smallest absolute Gasteiger partial charge is 0.195 e. The van der Waals surface area contributed by atoms with Crippen LogP contribution in [-0.4, -0.2) is 18.5 Å². The van der Waals surface area contributed by atoms with Crippen LogP contribution in [0.2, 0.25) is 0 Å². The van der Waals surface area contributed by atoms with E-state index in [0.29, 0.717) is 0 Å². The fraction of sp³-hybridized carbons (Fsp3) is 0. The van der Waals surface area contributed by atoms with Gasteiger partial charge in [0.25, 0.3) is 0 Å². The lowest BCUT2D eigenvalue weighted by Crippen LogP contribution is -1.93. The van der Waals surface area contributed by atoms with Crippen LogP contribution in [0, 0.1) is 0 Å². The van der Waals surface area contributed by atoms with Crippen molar-refractivity contribution in [3.8, 4) is 45.0 Å². The molecule has 56 heavy (non-hydrogen) atoms. The van der Waals surface area contributed by atoms with E-state index in [9.17, 15) is 0 Å². The Kier molecular flexibility index (Phi) is 6.76. The van der Waals surface area contributed by atoms with E-state index in [2.05, 4.69) is 208 Å². The Morgan fingerprint density at radius 2 is 0.821 bits per heavy atom. The van der Waals surface area contributed by atoms with Gasteiger partial charge in [-0.15, -0.1) is 0 Å². The quantitative estimate of drug-likeness (QED) is 0.173. The molecular formula is C51H32N4S. The Bertz CT molecular complexity index is 3460. The molecule has 262 valence electrons. The summed E-state index contributed by atoms with van der Waals surface area (Å²) in [5.74, 6) is 0. The number of hydrogen-bond acceptors (Lipinski definition) is 2. The molecule has 0 saturated carbocycles. The molecule has 0 spiro atoms. The monoisotopic (exact) mass is 732 g/mol. The molecule has 0 radical (unpaired) electrons. The largest absolute Gasteiger partial charge is 0.309 e. The standard InChI is InChI=1S/C51H32N4S/c1-4-14-33(15-5-1)49-50(55-47-22-12-13-23-48(47)56-51(55)52-49)36-26-29-46-42(32-36)41-31-35(25-28-45(41)54(46)38-18-8-3-9-19-38)34-24-27-44-40(30-34)39-20-10-11-21-43(39)53(44)37-16-6-2-7-17-37/h1-32H. The van der Waals surface area contributed by atoms with Gasteiger partial charge in [-0.2, -0.15) is 0 Å². The van der Waals surface area contributed by atoms with Crippen molar-refractivity contribution in [2.45, 2.75) is 0 Å². The molecule has 0 atom stereocenters. The van der Waals surface area contributed by atoms with E-state index in [0.717, 1.165) is 33.2 Å². The number of benzene rings is 8. The van der Waals surface area contributed by atoms with Crippen LogP contribution in [0.1, 0.15) is 0 Å². The molecule has 0 aliphatic carbocycles. The van der Waals surface area contributed by atoms with Crippen LogP contribution in [-0.2, 0) is 0 Å². The minimum Gasteiger partial charge on any atom is -0.309 e. The molecule has 12 aromatic rings. The molecule has 0 amide bonds. The van der Waals surface area contributed by atoms with Crippen molar-refractivity contribution >= 4 is 70.1 Å². The maximum absolute atomic E-state index is 5.29. The van der Waals surface area contributed by atoms with Gasteiger partial charge in [0.2, 0.25) is 0 Å². The summed E-state index contributed by atoms with van der Waals surface area (Å²) in [7, 11) is 0. The summed E-state index contributed by atoms with van der Waals surface area (Å²) in [4.78, 5) is 6.29. The molecule has 4 heterocycles. The molecule has 4 nitrogen and oxygen atoms in total. The highest BCUT2D eigenvalue weighted by molar-refractivity contribution is 7.23. The molecule has 5 heteroatoms. The average molecular weight is 733 g/mol. The predicted octanol–water partition coefficient (Wildman–Crippen LogP) is 13.7. The van der Waals surface area contributed by atoms with Crippen molar-refractivity contribution in [1.29, 1.82) is 0 Å². The zero-order valence-corrected chi connectivity index (χ0v) is 31.0. The number of hydrogen-bond donors (Lipinski definition) is 0. The molecule has 12 rings (SSSR count). The minimum atomic E-state index is 0.998. The molecule has 0 aliphatic rings. The Morgan fingerprint density at radius 3 is 1.45 bits per heavy atom. The second kappa shape index (κ2) is 12.2. The maximum atomic E-state index is 5.29. The van der Waals surface area contributed by atoms with E-state index in [1.807, 2.05) is 0 Å². The van der Waals surface area contributed by atoms with Crippen molar-refractivity contribution in [3.63, 3.8) is 0 Å². The maximum Gasteiger partial charge on any atom is 0.195 e. The third kappa shape index (κ3) is 4.62. The highest BCUT2D eigenvalue weighted by Crippen LogP contribution is 2.43. The molecule has 4 aromatic heterocycles. The number of thiazole rings is 1. The van der Waals surface area contributed by atoms with Crippen LogP contribution in [0.25, 0.3) is 104 Å². The SMILES string of the molecule is c1ccc(-c2nc3sc4ccccc4n3c2-c2ccc3c(c2)c2cc(-c4ccc5c(c4)c4ccccc4n5-c4ccccc4)ccc2n3-c2ccccc2)cc1. The average Bonchev–Trinajstić information content (AvgIpc) is 4.00. The van der Waals surface area contributed by atoms with Crippen LogP contribution in [0.5, 0.6) is 0 Å². The Morgan fingerprint density at radius 1 is 0.357 bits per heavy atom. The van der Waals surface area contributed by atoms with Gasteiger partial charge in [0, 0.05) is 44.0 Å². The lowest BCUT2D eigenvalue weighted by atomic mass is 9.99. The first-order chi connectivity index (χ1) is 27.8. The first kappa shape index (κ1) is 31.2. The zero-order valence-electron chi connectivity index (χ0n) is 30.2. The van der Waals surface area contributed by atoms with Gasteiger partial charge in [-0.1, -0.05) is 127 Å². The number of aromatic nitrogens is 4. The summed E-state index contributed by atoms with van der Waals surface area (Å²) >= 11 is 1.74. The molecule has 0 fully saturated rings. The van der Waals surface area contributed by atoms with Crippen LogP contribution in [0.4, 0.5) is 0 Å². The minimum absolute atomic E-state index is 0.998. The van der Waals surface area contributed by atoms with Crippen LogP contribution >= 0.6 is 11.3 Å². The van der Waals surface area contributed by atoms with Gasteiger partial charge in [0.05, 0.1) is 43.7 Å². The summed E-state index contributed by atoms with van der Waals surface area (Å²) in [6, 6.07) is 70.2. The van der Waals surface area contributed by atoms with Gasteiger partial charge in [-0.25, -0.2) is 4.98 Å². The molecule has 0 unspecified atom stereocenters. The predicted molar refractivity (Wildman–Crippen MR) is 236 cm³/mol. The fourth-order valence-corrected chi connectivity index (χ4v) is 9.82. The highest BCUT2D eigenvalue weighted by atomic mass is 32.1. The van der Waals surface area contributed by atoms with Crippen molar-refractivity contribution in [1.82, 2.24) is 18.5 Å². The van der Waals surface area contributed by atoms with E-state index in [1.54, 1.807) is 11.3 Å². The number of fused-ring (bicyclic) bond motifs is 9. The van der Waals surface area contributed by atoms with Gasteiger partial charge in [-0.05, 0) is 90.0 Å². The second-order valence-electron chi connectivity index (χ2n) is 14.4. The summed E-state index contributed by atoms with van der Waals surface area (Å²) in [5.41, 5.74) is 15.0. The molecular weight excluding hydrogens is 701 g/mol. The van der Waals surface area contributed by atoms with Crippen molar-refractivity contribution in [2.75, 3.05) is 0 Å². The zero-order chi connectivity index (χ0) is 36.7. The molecule has 8 aromatic carbocycles. The molecule has 0 aliphatic heterocycles. The summed E-state index contributed by atoms with van der Waals surface area (Å²) in [6.07, 6.45) is 0. The van der Waals surface area contributed by atoms with Gasteiger partial charge in [0.15, 0.2) is 4.96 Å². The van der Waals surface area contributed by atoms with Crippen LogP contribution in [0.15, 0.2) is 194 Å². The van der Waals surface area contributed by atoms with E-state index < -0.39 is 0 Å². The van der Waals surface area contributed by atoms with E-state index in [1.165, 1.54) is 70.6 Å². The summed E-state index contributed by atoms with van der Waals surface area (Å²) < 4.78 is 8.36. The van der Waals surface area contributed by atoms with Crippen molar-refractivity contribution in [3.05, 3.63) is 194 Å². The van der Waals surface area contributed by atoms with Crippen LogP contribution < -0.4 is 0 Å². The normalized spacial score (nSPS) is 11.9. The van der Waals surface area contributed by atoms with Gasteiger partial charge >= 0.3 is 0 Å². The highest BCUT2D eigenvalue weighted by Gasteiger charge is 2.22. The third-order valence-electron chi connectivity index (χ3n) is 11.3. The lowest BCUT2D eigenvalue weighted by Gasteiger charge is -2.09. The number of imidazole rings is 1. The van der Waals surface area contributed by atoms with Gasteiger partial charge < -0.3 is 9.13 Å². The van der Waals surface area contributed by atoms with E-state index >= 15 is 0 Å². The Balaban J connectivity index is 1.11. The van der Waals surface area contributed by atoms with Crippen molar-refractivity contribution in [2.24, 2.45) is 0 Å². The lowest BCUT2D eigenvalue weighted by molar-refractivity contribution is 1.18. The van der Waals surface area contributed by atoms with Crippen LogP contribution in [0.3, 0.4) is 0 Å². The van der Waals surface area contributed by atoms with Gasteiger partial charge in [0.1, 0.15) is 0 Å². The number of rotatable bonds is 5. The third-order valence-corrected chi connectivity index (χ3v) is 12.3. The van der Waals surface area contributed by atoms with Crippen molar-refractivity contribution < 1.29 is 0 Å². The number of nitrogens with zero attached hydrogens (tertiary/aromatic N) is 4. The summed E-state index contributed by atoms with van der Waals surface area (Å²) in [6.45, 7) is 0. The Labute approximate surface area is 326 Å². The van der Waals surface area contributed by atoms with Gasteiger partial charge in [-0.3, -0.25) is 4.40 Å². The first-order valence-corrected chi connectivity index (χ1v) is 19.8. The second-order valence-corrected chi connectivity index (χ2v) is 15.4. The molecule has 0 bridgehead atoms. The Hall–Kier alpha value is -7.21. The number of para-hydroxylation sites is 4. The summed E-state index contributed by atoms with van der Waals surface area (Å²) in [5, 5.41) is 4.92. The molecule has 0 N–H and O–H groups in total. The van der Waals surface area contributed by atoms with E-state index in [-0.39, 0.29) is 0 Å².